The normalized spacial score (nSPS) is 10.0. The first kappa shape index (κ1) is 10.3. The van der Waals surface area contributed by atoms with E-state index in [1.807, 2.05) is 0 Å². The van der Waals surface area contributed by atoms with E-state index in [0.717, 1.165) is 6.42 Å². The summed E-state index contributed by atoms with van der Waals surface area (Å²) in [6.07, 6.45) is 0.852. The van der Waals surface area contributed by atoms with Gasteiger partial charge in [0.1, 0.15) is 5.15 Å². The maximum atomic E-state index is 5.67. The van der Waals surface area contributed by atoms with Crippen LogP contribution in [0.3, 0.4) is 0 Å². The predicted octanol–water partition coefficient (Wildman–Crippen LogP) is 2.15. The van der Waals surface area contributed by atoms with Crippen molar-refractivity contribution < 1.29 is 9.47 Å². The van der Waals surface area contributed by atoms with Gasteiger partial charge in [-0.1, -0.05) is 17.7 Å². The minimum Gasteiger partial charge on any atom is -0.478 e. The van der Waals surface area contributed by atoms with Crippen molar-refractivity contribution in [2.75, 3.05) is 20.3 Å². The molecule has 1 aromatic heterocycles. The van der Waals surface area contributed by atoms with E-state index in [0.29, 0.717) is 24.2 Å². The molecular weight excluding hydrogens is 190 g/mol. The Morgan fingerprint density at radius 1 is 1.38 bits per heavy atom. The first-order valence-corrected chi connectivity index (χ1v) is 4.45. The molecule has 1 aromatic rings. The SMILES string of the molecule is COCCCOc1cccc(Cl)n1. The fourth-order valence-corrected chi connectivity index (χ4v) is 1.01. The third kappa shape index (κ3) is 4.10. The molecule has 0 N–H and O–H groups in total. The van der Waals surface area contributed by atoms with Crippen LogP contribution in [-0.2, 0) is 4.74 Å². The Hall–Kier alpha value is -0.800. The molecule has 0 saturated carbocycles. The summed E-state index contributed by atoms with van der Waals surface area (Å²) in [5, 5.41) is 0.448. The summed E-state index contributed by atoms with van der Waals surface area (Å²) in [7, 11) is 1.66. The summed E-state index contributed by atoms with van der Waals surface area (Å²) in [5.74, 6) is 0.559. The standard InChI is InChI=1S/C9H12ClNO2/c1-12-6-3-7-13-9-5-2-4-8(10)11-9/h2,4-5H,3,6-7H2,1H3. The van der Waals surface area contributed by atoms with Crippen molar-refractivity contribution in [2.45, 2.75) is 6.42 Å². The zero-order valence-corrected chi connectivity index (χ0v) is 8.25. The Balaban J connectivity index is 2.28. The van der Waals surface area contributed by atoms with Crippen molar-refractivity contribution >= 4 is 11.6 Å². The second kappa shape index (κ2) is 5.78. The largest absolute Gasteiger partial charge is 0.478 e. The van der Waals surface area contributed by atoms with Gasteiger partial charge in [-0.05, 0) is 6.07 Å². The maximum Gasteiger partial charge on any atom is 0.214 e. The molecule has 1 heterocycles. The molecule has 0 radical (unpaired) electrons. The minimum atomic E-state index is 0.448. The van der Waals surface area contributed by atoms with E-state index in [-0.39, 0.29) is 0 Å². The molecule has 0 amide bonds. The van der Waals surface area contributed by atoms with Crippen LogP contribution in [0.5, 0.6) is 5.88 Å². The van der Waals surface area contributed by atoms with E-state index >= 15 is 0 Å². The number of halogens is 1. The second-order valence-corrected chi connectivity index (χ2v) is 2.88. The van der Waals surface area contributed by atoms with Gasteiger partial charge >= 0.3 is 0 Å². The van der Waals surface area contributed by atoms with E-state index in [4.69, 9.17) is 21.1 Å². The first-order valence-electron chi connectivity index (χ1n) is 4.07. The zero-order valence-electron chi connectivity index (χ0n) is 7.50. The van der Waals surface area contributed by atoms with Crippen LogP contribution in [0.4, 0.5) is 0 Å². The van der Waals surface area contributed by atoms with E-state index in [1.165, 1.54) is 0 Å². The highest BCUT2D eigenvalue weighted by Gasteiger charge is 1.95. The van der Waals surface area contributed by atoms with Gasteiger partial charge in [-0.2, -0.15) is 0 Å². The molecule has 0 aliphatic carbocycles. The number of methoxy groups -OCH3 is 1. The highest BCUT2D eigenvalue weighted by Crippen LogP contribution is 2.11. The summed E-state index contributed by atoms with van der Waals surface area (Å²) in [6.45, 7) is 1.29. The van der Waals surface area contributed by atoms with Gasteiger partial charge in [0.25, 0.3) is 0 Å². The molecule has 0 spiro atoms. The van der Waals surface area contributed by atoms with Gasteiger partial charge < -0.3 is 9.47 Å². The molecule has 0 aromatic carbocycles. The Labute approximate surface area is 82.6 Å². The van der Waals surface area contributed by atoms with Crippen molar-refractivity contribution in [3.63, 3.8) is 0 Å². The zero-order chi connectivity index (χ0) is 9.52. The van der Waals surface area contributed by atoms with Crippen LogP contribution in [0.2, 0.25) is 5.15 Å². The molecule has 13 heavy (non-hydrogen) atoms. The van der Waals surface area contributed by atoms with E-state index < -0.39 is 0 Å². The molecule has 0 atom stereocenters. The molecular formula is C9H12ClNO2. The smallest absolute Gasteiger partial charge is 0.214 e. The lowest BCUT2D eigenvalue weighted by molar-refractivity contribution is 0.170. The van der Waals surface area contributed by atoms with Gasteiger partial charge in [0, 0.05) is 26.2 Å². The highest BCUT2D eigenvalue weighted by molar-refractivity contribution is 6.29. The minimum absolute atomic E-state index is 0.448. The summed E-state index contributed by atoms with van der Waals surface area (Å²) in [5.41, 5.74) is 0. The van der Waals surface area contributed by atoms with Crippen LogP contribution in [0.15, 0.2) is 18.2 Å². The van der Waals surface area contributed by atoms with E-state index in [2.05, 4.69) is 4.98 Å². The number of hydrogen-bond acceptors (Lipinski definition) is 3. The number of rotatable bonds is 5. The molecule has 0 aliphatic heterocycles. The first-order chi connectivity index (χ1) is 6.33. The summed E-state index contributed by atoms with van der Waals surface area (Å²) >= 11 is 5.67. The van der Waals surface area contributed by atoms with E-state index in [9.17, 15) is 0 Å². The van der Waals surface area contributed by atoms with Gasteiger partial charge in [-0.15, -0.1) is 0 Å². The Morgan fingerprint density at radius 2 is 2.23 bits per heavy atom. The van der Waals surface area contributed by atoms with Crippen LogP contribution in [0.1, 0.15) is 6.42 Å². The predicted molar refractivity (Wildman–Crippen MR) is 51.2 cm³/mol. The average molecular weight is 202 g/mol. The van der Waals surface area contributed by atoms with Gasteiger partial charge in [0.2, 0.25) is 5.88 Å². The van der Waals surface area contributed by atoms with Gasteiger partial charge in [0.05, 0.1) is 6.61 Å². The molecule has 0 unspecified atom stereocenters. The molecule has 0 aliphatic rings. The molecule has 3 nitrogen and oxygen atoms in total. The lowest BCUT2D eigenvalue weighted by atomic mass is 10.5. The van der Waals surface area contributed by atoms with Gasteiger partial charge in [-0.25, -0.2) is 4.98 Å². The summed E-state index contributed by atoms with van der Waals surface area (Å²) < 4.78 is 10.2. The van der Waals surface area contributed by atoms with Crippen molar-refractivity contribution in [1.29, 1.82) is 0 Å². The number of aromatic nitrogens is 1. The van der Waals surface area contributed by atoms with Crippen molar-refractivity contribution in [1.82, 2.24) is 4.98 Å². The number of ether oxygens (including phenoxy) is 2. The molecule has 0 saturated heterocycles. The van der Waals surface area contributed by atoms with Crippen LogP contribution >= 0.6 is 11.6 Å². The number of hydrogen-bond donors (Lipinski definition) is 0. The average Bonchev–Trinajstić information content (AvgIpc) is 2.13. The molecule has 0 fully saturated rings. The van der Waals surface area contributed by atoms with Crippen LogP contribution < -0.4 is 4.74 Å². The number of pyridine rings is 1. The number of nitrogens with zero attached hydrogens (tertiary/aromatic N) is 1. The quantitative estimate of drug-likeness (QED) is 0.541. The highest BCUT2D eigenvalue weighted by atomic mass is 35.5. The molecule has 4 heteroatoms. The summed E-state index contributed by atoms with van der Waals surface area (Å²) in [4.78, 5) is 3.97. The van der Waals surface area contributed by atoms with Crippen molar-refractivity contribution in [2.24, 2.45) is 0 Å². The molecule has 72 valence electrons. The summed E-state index contributed by atoms with van der Waals surface area (Å²) in [6, 6.07) is 5.29. The third-order valence-electron chi connectivity index (χ3n) is 1.43. The van der Waals surface area contributed by atoms with Crippen molar-refractivity contribution in [3.8, 4) is 5.88 Å². The van der Waals surface area contributed by atoms with Crippen LogP contribution in [0, 0.1) is 0 Å². The van der Waals surface area contributed by atoms with Crippen LogP contribution in [0.25, 0.3) is 0 Å². The fourth-order valence-electron chi connectivity index (χ4n) is 0.850. The van der Waals surface area contributed by atoms with Crippen molar-refractivity contribution in [3.05, 3.63) is 23.4 Å². The lowest BCUT2D eigenvalue weighted by Gasteiger charge is -2.03. The van der Waals surface area contributed by atoms with Gasteiger partial charge in [-0.3, -0.25) is 0 Å². The van der Waals surface area contributed by atoms with E-state index in [1.54, 1.807) is 25.3 Å². The Bertz CT molecular complexity index is 255. The maximum absolute atomic E-state index is 5.67. The molecule has 1 rings (SSSR count). The van der Waals surface area contributed by atoms with Gasteiger partial charge in [0.15, 0.2) is 0 Å². The monoisotopic (exact) mass is 201 g/mol. The van der Waals surface area contributed by atoms with Crippen LogP contribution in [-0.4, -0.2) is 25.3 Å². The fraction of sp³-hybridized carbons (Fsp3) is 0.444. The lowest BCUT2D eigenvalue weighted by Crippen LogP contribution is -2.02. The second-order valence-electron chi connectivity index (χ2n) is 2.49. The topological polar surface area (TPSA) is 31.4 Å². The Kier molecular flexibility index (Phi) is 4.57. The Morgan fingerprint density at radius 3 is 2.92 bits per heavy atom. The molecule has 0 bridgehead atoms. The third-order valence-corrected chi connectivity index (χ3v) is 1.64.